The second-order valence-electron chi connectivity index (χ2n) is 5.17. The number of thioether (sulfide) groups is 1. The fraction of sp³-hybridized carbons (Fsp3) is 0.846. The standard InChI is InChI=1S/C13H24N4OS/c1-3-7-14-11(10-5-6-10)9-19-13-16-15-12(18)17(13)8-4-2/h10-11,14H,3-9H2,1-2H3,(H,15,18). The molecule has 6 heteroatoms. The lowest BCUT2D eigenvalue weighted by molar-refractivity contribution is 0.502. The maximum absolute atomic E-state index is 11.6. The first kappa shape index (κ1) is 14.7. The predicted octanol–water partition coefficient (Wildman–Crippen LogP) is 1.85. The van der Waals surface area contributed by atoms with Crippen LogP contribution in [-0.4, -0.2) is 33.1 Å². The molecule has 5 nitrogen and oxygen atoms in total. The largest absolute Gasteiger partial charge is 0.343 e. The molecule has 1 heterocycles. The van der Waals surface area contributed by atoms with Crippen molar-refractivity contribution in [1.29, 1.82) is 0 Å². The Kier molecular flexibility index (Phi) is 5.51. The van der Waals surface area contributed by atoms with Crippen molar-refractivity contribution in [1.82, 2.24) is 20.1 Å². The summed E-state index contributed by atoms with van der Waals surface area (Å²) in [5.41, 5.74) is -0.0890. The molecule has 1 aromatic rings. The van der Waals surface area contributed by atoms with Crippen LogP contribution in [0.15, 0.2) is 9.95 Å². The molecule has 0 radical (unpaired) electrons. The van der Waals surface area contributed by atoms with E-state index in [0.717, 1.165) is 42.8 Å². The third kappa shape index (κ3) is 4.11. The molecule has 0 bridgehead atoms. The fourth-order valence-electron chi connectivity index (χ4n) is 2.19. The van der Waals surface area contributed by atoms with E-state index in [4.69, 9.17) is 0 Å². The SMILES string of the molecule is CCCNC(CSc1n[nH]c(=O)n1CCC)C1CC1. The summed E-state index contributed by atoms with van der Waals surface area (Å²) in [6.07, 6.45) is 4.79. The molecule has 2 N–H and O–H groups in total. The zero-order valence-corrected chi connectivity index (χ0v) is 12.6. The molecule has 19 heavy (non-hydrogen) atoms. The normalized spacial score (nSPS) is 16.7. The van der Waals surface area contributed by atoms with Gasteiger partial charge in [-0.15, -0.1) is 5.10 Å². The first-order valence-electron chi connectivity index (χ1n) is 7.27. The second-order valence-corrected chi connectivity index (χ2v) is 6.16. The smallest absolute Gasteiger partial charge is 0.313 e. The Bertz CT molecular complexity index is 438. The molecule has 1 unspecified atom stereocenters. The molecule has 1 saturated carbocycles. The number of H-pyrrole nitrogens is 1. The maximum atomic E-state index is 11.6. The first-order chi connectivity index (χ1) is 9.26. The fourth-order valence-corrected chi connectivity index (χ4v) is 3.35. The lowest BCUT2D eigenvalue weighted by atomic mass is 10.2. The summed E-state index contributed by atoms with van der Waals surface area (Å²) in [5.74, 6) is 1.82. The lowest BCUT2D eigenvalue weighted by Gasteiger charge is -2.17. The number of hydrogen-bond acceptors (Lipinski definition) is 4. The molecule has 0 spiro atoms. The molecule has 0 amide bonds. The van der Waals surface area contributed by atoms with Gasteiger partial charge in [0.2, 0.25) is 0 Å². The van der Waals surface area contributed by atoms with Gasteiger partial charge in [-0.2, -0.15) is 0 Å². The highest BCUT2D eigenvalue weighted by Gasteiger charge is 2.31. The number of nitrogens with one attached hydrogen (secondary N) is 2. The van der Waals surface area contributed by atoms with E-state index in [-0.39, 0.29) is 5.69 Å². The summed E-state index contributed by atoms with van der Waals surface area (Å²) in [6.45, 7) is 6.08. The zero-order chi connectivity index (χ0) is 13.7. The van der Waals surface area contributed by atoms with Gasteiger partial charge in [-0.05, 0) is 38.1 Å². The Morgan fingerprint density at radius 3 is 2.89 bits per heavy atom. The van der Waals surface area contributed by atoms with Crippen LogP contribution in [0.5, 0.6) is 0 Å². The average molecular weight is 284 g/mol. The highest BCUT2D eigenvalue weighted by Crippen LogP contribution is 2.34. The molecule has 1 aliphatic rings. The summed E-state index contributed by atoms with van der Waals surface area (Å²) in [6, 6.07) is 0.562. The van der Waals surface area contributed by atoms with Gasteiger partial charge in [0.05, 0.1) is 0 Å². The third-order valence-electron chi connectivity index (χ3n) is 3.41. The number of rotatable bonds is 9. The summed E-state index contributed by atoms with van der Waals surface area (Å²) in [5, 5.41) is 11.1. The minimum Gasteiger partial charge on any atom is -0.313 e. The van der Waals surface area contributed by atoms with Gasteiger partial charge in [-0.3, -0.25) is 4.57 Å². The Labute approximate surface area is 118 Å². The van der Waals surface area contributed by atoms with Crippen molar-refractivity contribution >= 4 is 11.8 Å². The van der Waals surface area contributed by atoms with Crippen LogP contribution in [0.3, 0.4) is 0 Å². The van der Waals surface area contributed by atoms with Crippen LogP contribution in [0, 0.1) is 5.92 Å². The van der Waals surface area contributed by atoms with Gasteiger partial charge in [0.15, 0.2) is 5.16 Å². The van der Waals surface area contributed by atoms with Crippen LogP contribution in [0.2, 0.25) is 0 Å². The van der Waals surface area contributed by atoms with E-state index in [9.17, 15) is 4.79 Å². The molecule has 0 aromatic carbocycles. The summed E-state index contributed by atoms with van der Waals surface area (Å²) in [4.78, 5) is 11.6. The summed E-state index contributed by atoms with van der Waals surface area (Å²) < 4.78 is 1.74. The number of hydrogen-bond donors (Lipinski definition) is 2. The van der Waals surface area contributed by atoms with E-state index in [1.807, 2.05) is 0 Å². The number of nitrogens with zero attached hydrogens (tertiary/aromatic N) is 2. The molecule has 1 aliphatic carbocycles. The maximum Gasteiger partial charge on any atom is 0.343 e. The highest BCUT2D eigenvalue weighted by atomic mass is 32.2. The van der Waals surface area contributed by atoms with Crippen LogP contribution < -0.4 is 11.0 Å². The van der Waals surface area contributed by atoms with Gasteiger partial charge in [0, 0.05) is 18.3 Å². The molecular formula is C13H24N4OS. The van der Waals surface area contributed by atoms with Crippen molar-refractivity contribution in [3.63, 3.8) is 0 Å². The van der Waals surface area contributed by atoms with E-state index >= 15 is 0 Å². The van der Waals surface area contributed by atoms with Crippen LogP contribution in [0.1, 0.15) is 39.5 Å². The van der Waals surface area contributed by atoms with Crippen LogP contribution in [0.25, 0.3) is 0 Å². The van der Waals surface area contributed by atoms with Crippen molar-refractivity contribution in [2.75, 3.05) is 12.3 Å². The van der Waals surface area contributed by atoms with Gasteiger partial charge >= 0.3 is 5.69 Å². The Morgan fingerprint density at radius 1 is 1.47 bits per heavy atom. The number of aromatic amines is 1. The average Bonchev–Trinajstić information content (AvgIpc) is 3.19. The molecule has 0 saturated heterocycles. The second kappa shape index (κ2) is 7.14. The van der Waals surface area contributed by atoms with Gasteiger partial charge in [-0.25, -0.2) is 9.89 Å². The molecular weight excluding hydrogens is 260 g/mol. The topological polar surface area (TPSA) is 62.7 Å². The Balaban J connectivity index is 1.91. The third-order valence-corrected chi connectivity index (χ3v) is 4.51. The summed E-state index contributed by atoms with van der Waals surface area (Å²) >= 11 is 1.69. The molecule has 1 fully saturated rings. The molecule has 1 aromatic heterocycles. The van der Waals surface area contributed by atoms with Crippen molar-refractivity contribution in [2.45, 2.75) is 57.3 Å². The Hall–Kier alpha value is -0.750. The van der Waals surface area contributed by atoms with Crippen molar-refractivity contribution in [3.05, 3.63) is 10.5 Å². The first-order valence-corrected chi connectivity index (χ1v) is 8.26. The van der Waals surface area contributed by atoms with Crippen molar-refractivity contribution in [3.8, 4) is 0 Å². The van der Waals surface area contributed by atoms with Gasteiger partial charge < -0.3 is 5.32 Å². The highest BCUT2D eigenvalue weighted by molar-refractivity contribution is 7.99. The van der Waals surface area contributed by atoms with Crippen LogP contribution >= 0.6 is 11.8 Å². The van der Waals surface area contributed by atoms with Crippen molar-refractivity contribution < 1.29 is 0 Å². The van der Waals surface area contributed by atoms with Gasteiger partial charge in [0.25, 0.3) is 0 Å². The summed E-state index contributed by atoms with van der Waals surface area (Å²) in [7, 11) is 0. The van der Waals surface area contributed by atoms with Crippen LogP contribution in [0.4, 0.5) is 0 Å². The van der Waals surface area contributed by atoms with E-state index < -0.39 is 0 Å². The van der Waals surface area contributed by atoms with E-state index in [2.05, 4.69) is 29.4 Å². The molecule has 0 aliphatic heterocycles. The number of aromatic nitrogens is 3. The minimum atomic E-state index is -0.0890. The minimum absolute atomic E-state index is 0.0890. The quantitative estimate of drug-likeness (QED) is 0.679. The molecule has 2 rings (SSSR count). The van der Waals surface area contributed by atoms with Crippen LogP contribution in [-0.2, 0) is 6.54 Å². The predicted molar refractivity (Wildman–Crippen MR) is 78.7 cm³/mol. The lowest BCUT2D eigenvalue weighted by Crippen LogP contribution is -2.34. The van der Waals surface area contributed by atoms with Gasteiger partial charge in [-0.1, -0.05) is 25.6 Å². The monoisotopic (exact) mass is 284 g/mol. The molecule has 108 valence electrons. The van der Waals surface area contributed by atoms with E-state index in [1.54, 1.807) is 16.3 Å². The molecule has 1 atom stereocenters. The van der Waals surface area contributed by atoms with Crippen molar-refractivity contribution in [2.24, 2.45) is 5.92 Å². The van der Waals surface area contributed by atoms with E-state index in [1.165, 1.54) is 12.8 Å². The van der Waals surface area contributed by atoms with E-state index in [0.29, 0.717) is 6.04 Å². The van der Waals surface area contributed by atoms with Gasteiger partial charge in [0.1, 0.15) is 0 Å². The Morgan fingerprint density at radius 2 is 2.26 bits per heavy atom. The zero-order valence-electron chi connectivity index (χ0n) is 11.8.